The summed E-state index contributed by atoms with van der Waals surface area (Å²) in [4.78, 5) is 9.18. The van der Waals surface area contributed by atoms with Crippen LogP contribution in [-0.2, 0) is 10.0 Å². The number of hydrogen-bond acceptors (Lipinski definition) is 5. The van der Waals surface area contributed by atoms with Gasteiger partial charge in [-0.3, -0.25) is 14.8 Å². The molecule has 0 saturated carbocycles. The smallest absolute Gasteiger partial charge is 0.294 e. The third-order valence-electron chi connectivity index (χ3n) is 2.66. The van der Waals surface area contributed by atoms with E-state index in [0.29, 0.717) is 6.07 Å². The van der Waals surface area contributed by atoms with E-state index in [-0.39, 0.29) is 11.4 Å². The first-order valence-electron chi connectivity index (χ1n) is 5.72. The molecule has 116 valence electrons. The molecule has 3 N–H and O–H groups in total. The zero-order valence-electron chi connectivity index (χ0n) is 10.8. The van der Waals surface area contributed by atoms with Gasteiger partial charge in [0.2, 0.25) is 0 Å². The summed E-state index contributed by atoms with van der Waals surface area (Å²) in [6.45, 7) is 0. The van der Waals surface area contributed by atoms with Crippen LogP contribution in [0.25, 0.3) is 0 Å². The topological polar surface area (TPSA) is 115 Å². The van der Waals surface area contributed by atoms with Crippen molar-refractivity contribution >= 4 is 27.1 Å². The zero-order chi connectivity index (χ0) is 16.5. The summed E-state index contributed by atoms with van der Waals surface area (Å²) in [5.41, 5.74) is 4.56. The average molecular weight is 329 g/mol. The first kappa shape index (κ1) is 15.6. The van der Waals surface area contributed by atoms with E-state index in [1.165, 1.54) is 6.07 Å². The van der Waals surface area contributed by atoms with Crippen LogP contribution in [0.3, 0.4) is 0 Å². The molecule has 0 aliphatic carbocycles. The van der Waals surface area contributed by atoms with Gasteiger partial charge in [-0.25, -0.2) is 17.2 Å². The number of nitrogens with zero attached hydrogens (tertiary/aromatic N) is 1. The third-order valence-corrected chi connectivity index (χ3v) is 4.08. The summed E-state index contributed by atoms with van der Waals surface area (Å²) >= 11 is 0. The molecular weight excluding hydrogens is 320 g/mol. The van der Waals surface area contributed by atoms with E-state index >= 15 is 0 Å². The maximum Gasteiger partial charge on any atom is 0.294 e. The lowest BCUT2D eigenvalue weighted by Gasteiger charge is -2.09. The van der Waals surface area contributed by atoms with Gasteiger partial charge in [0.15, 0.2) is 0 Å². The number of nitrogens with one attached hydrogen (secondary N) is 1. The van der Waals surface area contributed by atoms with Crippen LogP contribution in [0, 0.1) is 21.7 Å². The van der Waals surface area contributed by atoms with E-state index in [1.807, 2.05) is 4.72 Å². The van der Waals surface area contributed by atoms with Gasteiger partial charge in [0.25, 0.3) is 15.7 Å². The van der Waals surface area contributed by atoms with Gasteiger partial charge < -0.3 is 5.73 Å². The van der Waals surface area contributed by atoms with Gasteiger partial charge in [0.1, 0.15) is 22.2 Å². The van der Waals surface area contributed by atoms with Gasteiger partial charge in [-0.2, -0.15) is 0 Å². The molecule has 0 aliphatic heterocycles. The van der Waals surface area contributed by atoms with E-state index in [1.54, 1.807) is 0 Å². The Bertz CT molecular complexity index is 855. The van der Waals surface area contributed by atoms with Crippen LogP contribution >= 0.6 is 0 Å². The summed E-state index contributed by atoms with van der Waals surface area (Å²) in [7, 11) is -4.37. The Balaban J connectivity index is 2.41. The molecule has 0 saturated heterocycles. The van der Waals surface area contributed by atoms with Crippen LogP contribution in [0.5, 0.6) is 0 Å². The second-order valence-electron chi connectivity index (χ2n) is 4.21. The molecule has 0 amide bonds. The number of rotatable bonds is 4. The fourth-order valence-electron chi connectivity index (χ4n) is 1.67. The standard InChI is InChI=1S/C12H9F2N3O4S/c13-7-1-4-12(9(14)5-7)22(20,21)16-8-2-3-10(15)11(6-8)17(18)19/h1-6,16H,15H2. The van der Waals surface area contributed by atoms with Crippen LogP contribution in [0.1, 0.15) is 0 Å². The lowest BCUT2D eigenvalue weighted by Crippen LogP contribution is -2.15. The Morgan fingerprint density at radius 1 is 1.14 bits per heavy atom. The Hall–Kier alpha value is -2.75. The van der Waals surface area contributed by atoms with E-state index in [4.69, 9.17) is 5.73 Å². The molecule has 2 aromatic rings. The average Bonchev–Trinajstić information content (AvgIpc) is 2.39. The van der Waals surface area contributed by atoms with Crippen molar-refractivity contribution in [1.29, 1.82) is 0 Å². The summed E-state index contributed by atoms with van der Waals surface area (Å²) in [6, 6.07) is 5.16. The molecule has 0 heterocycles. The minimum atomic E-state index is -4.37. The van der Waals surface area contributed by atoms with E-state index < -0.39 is 37.2 Å². The van der Waals surface area contributed by atoms with E-state index in [9.17, 15) is 27.3 Å². The molecule has 22 heavy (non-hydrogen) atoms. The monoisotopic (exact) mass is 329 g/mol. The van der Waals surface area contributed by atoms with Crippen molar-refractivity contribution in [2.24, 2.45) is 0 Å². The molecule has 7 nitrogen and oxygen atoms in total. The Labute approximate surface area is 123 Å². The second-order valence-corrected chi connectivity index (χ2v) is 5.86. The Kier molecular flexibility index (Phi) is 3.95. The van der Waals surface area contributed by atoms with Gasteiger partial charge in [-0.1, -0.05) is 0 Å². The molecule has 0 atom stereocenters. The van der Waals surface area contributed by atoms with Gasteiger partial charge in [0, 0.05) is 12.1 Å². The first-order valence-corrected chi connectivity index (χ1v) is 7.21. The normalized spacial score (nSPS) is 11.2. The van der Waals surface area contributed by atoms with Crippen molar-refractivity contribution in [3.05, 3.63) is 58.1 Å². The van der Waals surface area contributed by atoms with Crippen molar-refractivity contribution in [2.45, 2.75) is 4.90 Å². The summed E-state index contributed by atoms with van der Waals surface area (Å²) in [5, 5.41) is 10.7. The Morgan fingerprint density at radius 2 is 1.82 bits per heavy atom. The number of benzene rings is 2. The van der Waals surface area contributed by atoms with Crippen molar-refractivity contribution < 1.29 is 22.1 Å². The van der Waals surface area contributed by atoms with Crippen LogP contribution in [0.2, 0.25) is 0 Å². The molecule has 0 spiro atoms. The van der Waals surface area contributed by atoms with E-state index in [2.05, 4.69) is 0 Å². The maximum absolute atomic E-state index is 13.5. The van der Waals surface area contributed by atoms with Crippen molar-refractivity contribution in [3.63, 3.8) is 0 Å². The Morgan fingerprint density at radius 3 is 2.41 bits per heavy atom. The van der Waals surface area contributed by atoms with Gasteiger partial charge >= 0.3 is 0 Å². The van der Waals surface area contributed by atoms with Crippen LogP contribution < -0.4 is 10.5 Å². The number of nitro groups is 1. The minimum absolute atomic E-state index is 0.152. The predicted octanol–water partition coefficient (Wildman–Crippen LogP) is 2.26. The van der Waals surface area contributed by atoms with Crippen LogP contribution in [0.15, 0.2) is 41.3 Å². The maximum atomic E-state index is 13.5. The van der Waals surface area contributed by atoms with Gasteiger partial charge in [-0.05, 0) is 24.3 Å². The molecule has 10 heteroatoms. The molecule has 2 aromatic carbocycles. The quantitative estimate of drug-likeness (QED) is 0.507. The lowest BCUT2D eigenvalue weighted by atomic mass is 10.2. The zero-order valence-corrected chi connectivity index (χ0v) is 11.6. The van der Waals surface area contributed by atoms with Crippen LogP contribution in [0.4, 0.5) is 25.8 Å². The second kappa shape index (κ2) is 5.56. The molecule has 0 unspecified atom stereocenters. The molecule has 0 radical (unpaired) electrons. The fourth-order valence-corrected chi connectivity index (χ4v) is 2.78. The number of hydrogen-bond donors (Lipinski definition) is 2. The number of halogens is 2. The van der Waals surface area contributed by atoms with Crippen LogP contribution in [-0.4, -0.2) is 13.3 Å². The lowest BCUT2D eigenvalue weighted by molar-refractivity contribution is -0.383. The molecule has 2 rings (SSSR count). The van der Waals surface area contributed by atoms with Gasteiger partial charge in [0.05, 0.1) is 10.6 Å². The molecule has 0 aromatic heterocycles. The number of sulfonamides is 1. The predicted molar refractivity (Wildman–Crippen MR) is 74.7 cm³/mol. The highest BCUT2D eigenvalue weighted by atomic mass is 32.2. The highest BCUT2D eigenvalue weighted by Crippen LogP contribution is 2.27. The van der Waals surface area contributed by atoms with Crippen molar-refractivity contribution in [2.75, 3.05) is 10.5 Å². The molecule has 0 aliphatic rings. The minimum Gasteiger partial charge on any atom is -0.393 e. The largest absolute Gasteiger partial charge is 0.393 e. The SMILES string of the molecule is Nc1ccc(NS(=O)(=O)c2ccc(F)cc2F)cc1[N+](=O)[O-]. The number of nitrogens with two attached hydrogens (primary N) is 1. The molecule has 0 fully saturated rings. The molecular formula is C12H9F2N3O4S. The summed E-state index contributed by atoms with van der Waals surface area (Å²) < 4.78 is 52.4. The fraction of sp³-hybridized carbons (Fsp3) is 0. The van der Waals surface area contributed by atoms with Crippen molar-refractivity contribution in [3.8, 4) is 0 Å². The third kappa shape index (κ3) is 3.11. The first-order chi connectivity index (χ1) is 10.2. The number of anilines is 2. The van der Waals surface area contributed by atoms with Crippen molar-refractivity contribution in [1.82, 2.24) is 0 Å². The highest BCUT2D eigenvalue weighted by molar-refractivity contribution is 7.92. The van der Waals surface area contributed by atoms with Gasteiger partial charge in [-0.15, -0.1) is 0 Å². The van der Waals surface area contributed by atoms with E-state index in [0.717, 1.165) is 24.3 Å². The number of nitrogen functional groups attached to an aromatic ring is 1. The summed E-state index contributed by atoms with van der Waals surface area (Å²) in [6.07, 6.45) is 0. The number of nitro benzene ring substituents is 1. The highest BCUT2D eigenvalue weighted by Gasteiger charge is 2.21. The molecule has 0 bridgehead atoms. The summed E-state index contributed by atoms with van der Waals surface area (Å²) in [5.74, 6) is -2.21.